The summed E-state index contributed by atoms with van der Waals surface area (Å²) in [4.78, 5) is 21.5. The Morgan fingerprint density at radius 3 is 2.62 bits per heavy atom. The lowest BCUT2D eigenvalue weighted by molar-refractivity contribution is -0.142. The number of amides is 1. The molecule has 8 heteroatoms. The van der Waals surface area contributed by atoms with Crippen LogP contribution in [0.15, 0.2) is 29.3 Å². The number of rotatable bonds is 6. The van der Waals surface area contributed by atoms with Gasteiger partial charge in [0.2, 0.25) is 0 Å². The summed E-state index contributed by atoms with van der Waals surface area (Å²) < 4.78 is 10.8. The van der Waals surface area contributed by atoms with Gasteiger partial charge in [0.05, 0.1) is 13.2 Å². The molecule has 2 aliphatic rings. The number of guanidine groups is 1. The van der Waals surface area contributed by atoms with E-state index in [9.17, 15) is 4.79 Å². The Morgan fingerprint density at radius 1 is 1.24 bits per heavy atom. The second-order valence-electron chi connectivity index (χ2n) is 7.24. The molecule has 2 heterocycles. The number of methoxy groups -OCH3 is 1. The van der Waals surface area contributed by atoms with Gasteiger partial charge in [0, 0.05) is 46.4 Å². The number of nitrogens with one attached hydrogen (secondary N) is 1. The Hall–Kier alpha value is -1.39. The van der Waals surface area contributed by atoms with Crippen molar-refractivity contribution in [1.29, 1.82) is 0 Å². The Morgan fingerprint density at radius 2 is 1.97 bits per heavy atom. The van der Waals surface area contributed by atoms with Gasteiger partial charge in [0.15, 0.2) is 5.96 Å². The average Bonchev–Trinajstić information content (AvgIpc) is 3.26. The maximum absolute atomic E-state index is 12.5. The number of hydrogen-bond acceptors (Lipinski definition) is 4. The third-order valence-corrected chi connectivity index (χ3v) is 5.14. The minimum Gasteiger partial charge on any atom is -0.380 e. The highest BCUT2D eigenvalue weighted by Gasteiger charge is 2.30. The van der Waals surface area contributed by atoms with Crippen LogP contribution in [0.5, 0.6) is 0 Å². The largest absolute Gasteiger partial charge is 0.380 e. The molecule has 2 saturated heterocycles. The molecule has 0 bridgehead atoms. The molecule has 0 spiro atoms. The highest BCUT2D eigenvalue weighted by Crippen LogP contribution is 2.16. The van der Waals surface area contributed by atoms with Crippen molar-refractivity contribution >= 4 is 35.8 Å². The van der Waals surface area contributed by atoms with Gasteiger partial charge in [-0.25, -0.2) is 4.99 Å². The van der Waals surface area contributed by atoms with Gasteiger partial charge in [0.1, 0.15) is 6.10 Å². The lowest BCUT2D eigenvalue weighted by atomic mass is 10.1. The monoisotopic (exact) mass is 516 g/mol. The third kappa shape index (κ3) is 6.82. The van der Waals surface area contributed by atoms with Gasteiger partial charge in [-0.15, -0.1) is 24.0 Å². The lowest BCUT2D eigenvalue weighted by Crippen LogP contribution is -2.55. The van der Waals surface area contributed by atoms with Crippen molar-refractivity contribution in [3.63, 3.8) is 0 Å². The maximum Gasteiger partial charge on any atom is 0.251 e. The van der Waals surface area contributed by atoms with Crippen LogP contribution in [-0.2, 0) is 27.4 Å². The van der Waals surface area contributed by atoms with E-state index in [1.165, 1.54) is 0 Å². The van der Waals surface area contributed by atoms with Crippen LogP contribution in [0.3, 0.4) is 0 Å². The zero-order chi connectivity index (χ0) is 19.8. The molecule has 1 amide bonds. The minimum atomic E-state index is -0.229. The smallest absolute Gasteiger partial charge is 0.251 e. The van der Waals surface area contributed by atoms with E-state index < -0.39 is 0 Å². The fourth-order valence-corrected chi connectivity index (χ4v) is 3.69. The van der Waals surface area contributed by atoms with E-state index in [-0.39, 0.29) is 36.0 Å². The second kappa shape index (κ2) is 12.3. The molecule has 1 unspecified atom stereocenters. The van der Waals surface area contributed by atoms with Crippen molar-refractivity contribution in [2.24, 2.45) is 4.99 Å². The molecular formula is C21H33IN4O3. The molecule has 1 aromatic rings. The molecule has 2 aliphatic heterocycles. The number of carbonyl (C=O) groups excluding carboxylic acids is 1. The molecular weight excluding hydrogens is 483 g/mol. The quantitative estimate of drug-likeness (QED) is 0.357. The van der Waals surface area contributed by atoms with E-state index in [0.717, 1.165) is 49.6 Å². The van der Waals surface area contributed by atoms with Crippen LogP contribution in [0.2, 0.25) is 0 Å². The van der Waals surface area contributed by atoms with Crippen molar-refractivity contribution in [3.8, 4) is 0 Å². The summed E-state index contributed by atoms with van der Waals surface area (Å²) in [6.07, 6.45) is 1.61. The summed E-state index contributed by atoms with van der Waals surface area (Å²) in [5.41, 5.74) is 2.32. The SMILES string of the molecule is CCNC(=NCc1cccc(COC)c1)N1CCN(C(=O)C2CCCO2)CC1.I. The molecule has 2 fully saturated rings. The Labute approximate surface area is 190 Å². The van der Waals surface area contributed by atoms with Crippen LogP contribution in [0.4, 0.5) is 0 Å². The summed E-state index contributed by atoms with van der Waals surface area (Å²) in [7, 11) is 1.71. The van der Waals surface area contributed by atoms with Crippen molar-refractivity contribution < 1.29 is 14.3 Å². The first-order valence-corrected chi connectivity index (χ1v) is 10.2. The predicted octanol–water partition coefficient (Wildman–Crippen LogP) is 2.24. The van der Waals surface area contributed by atoms with Gasteiger partial charge < -0.3 is 24.6 Å². The highest BCUT2D eigenvalue weighted by molar-refractivity contribution is 14.0. The van der Waals surface area contributed by atoms with Gasteiger partial charge in [-0.05, 0) is 30.9 Å². The van der Waals surface area contributed by atoms with Crippen molar-refractivity contribution in [1.82, 2.24) is 15.1 Å². The number of piperazine rings is 1. The van der Waals surface area contributed by atoms with E-state index in [1.54, 1.807) is 7.11 Å². The minimum absolute atomic E-state index is 0. The van der Waals surface area contributed by atoms with Gasteiger partial charge in [0.25, 0.3) is 5.91 Å². The first-order chi connectivity index (χ1) is 13.7. The standard InChI is InChI=1S/C21H32N4O3.HI/c1-3-22-21(23-15-17-6-4-7-18(14-17)16-27-2)25-11-9-24(10-12-25)20(26)19-8-5-13-28-19;/h4,6-7,14,19H,3,5,8-13,15-16H2,1-2H3,(H,22,23);1H. The van der Waals surface area contributed by atoms with E-state index in [0.29, 0.717) is 32.8 Å². The number of ether oxygens (including phenoxy) is 2. The van der Waals surface area contributed by atoms with Gasteiger partial charge in [-0.1, -0.05) is 24.3 Å². The Balaban J connectivity index is 0.00000300. The van der Waals surface area contributed by atoms with Crippen molar-refractivity contribution in [2.75, 3.05) is 46.4 Å². The first-order valence-electron chi connectivity index (χ1n) is 10.2. The summed E-state index contributed by atoms with van der Waals surface area (Å²) in [6, 6.07) is 8.33. The lowest BCUT2D eigenvalue weighted by Gasteiger charge is -2.37. The topological polar surface area (TPSA) is 66.4 Å². The van der Waals surface area contributed by atoms with Gasteiger partial charge in [-0.3, -0.25) is 4.79 Å². The zero-order valence-corrected chi connectivity index (χ0v) is 19.8. The molecule has 0 radical (unpaired) electrons. The van der Waals surface area contributed by atoms with Crippen LogP contribution in [0.25, 0.3) is 0 Å². The normalized spacial score (nSPS) is 19.8. The Kier molecular flexibility index (Phi) is 10.2. The van der Waals surface area contributed by atoms with E-state index in [4.69, 9.17) is 14.5 Å². The van der Waals surface area contributed by atoms with E-state index >= 15 is 0 Å². The molecule has 7 nitrogen and oxygen atoms in total. The summed E-state index contributed by atoms with van der Waals surface area (Å²) in [6.45, 7) is 7.83. The zero-order valence-electron chi connectivity index (χ0n) is 17.4. The molecule has 162 valence electrons. The van der Waals surface area contributed by atoms with Crippen LogP contribution < -0.4 is 5.32 Å². The van der Waals surface area contributed by atoms with E-state index in [1.807, 2.05) is 11.0 Å². The number of aliphatic imine (C=N–C) groups is 1. The summed E-state index contributed by atoms with van der Waals surface area (Å²) >= 11 is 0. The number of halogens is 1. The second-order valence-corrected chi connectivity index (χ2v) is 7.24. The highest BCUT2D eigenvalue weighted by atomic mass is 127. The Bertz CT molecular complexity index is 672. The average molecular weight is 516 g/mol. The fraction of sp³-hybridized carbons (Fsp3) is 0.619. The van der Waals surface area contributed by atoms with Gasteiger partial charge in [-0.2, -0.15) is 0 Å². The molecule has 0 aliphatic carbocycles. The number of carbonyl (C=O) groups is 1. The molecule has 0 saturated carbocycles. The molecule has 29 heavy (non-hydrogen) atoms. The van der Waals surface area contributed by atoms with Crippen molar-refractivity contribution in [2.45, 2.75) is 39.0 Å². The molecule has 1 N–H and O–H groups in total. The van der Waals surface area contributed by atoms with Crippen LogP contribution in [0, 0.1) is 0 Å². The summed E-state index contributed by atoms with van der Waals surface area (Å²) in [5.74, 6) is 1.05. The van der Waals surface area contributed by atoms with Crippen LogP contribution in [0.1, 0.15) is 30.9 Å². The summed E-state index contributed by atoms with van der Waals surface area (Å²) in [5, 5.41) is 3.38. The number of hydrogen-bond donors (Lipinski definition) is 1. The molecule has 1 atom stereocenters. The van der Waals surface area contributed by atoms with E-state index in [2.05, 4.69) is 35.3 Å². The maximum atomic E-state index is 12.5. The van der Waals surface area contributed by atoms with Crippen molar-refractivity contribution in [3.05, 3.63) is 35.4 Å². The molecule has 3 rings (SSSR count). The number of benzene rings is 1. The first kappa shape index (κ1) is 23.9. The molecule has 0 aromatic heterocycles. The van der Waals surface area contributed by atoms with Gasteiger partial charge >= 0.3 is 0 Å². The van der Waals surface area contributed by atoms with Crippen LogP contribution >= 0.6 is 24.0 Å². The molecule has 1 aromatic carbocycles. The third-order valence-electron chi connectivity index (χ3n) is 5.14. The van der Waals surface area contributed by atoms with Crippen LogP contribution in [-0.4, -0.2) is 74.2 Å². The number of nitrogens with zero attached hydrogens (tertiary/aromatic N) is 3. The fourth-order valence-electron chi connectivity index (χ4n) is 3.69. The predicted molar refractivity (Wildman–Crippen MR) is 125 cm³/mol.